The fourth-order valence-corrected chi connectivity index (χ4v) is 3.36. The first-order chi connectivity index (χ1) is 13.2. The third-order valence-corrected chi connectivity index (χ3v) is 4.71. The number of nitrogens with zero attached hydrogens (tertiary/aromatic N) is 2. The van der Waals surface area contributed by atoms with E-state index in [0.717, 1.165) is 44.3 Å². The molecular weight excluding hydrogens is 340 g/mol. The predicted molar refractivity (Wildman–Crippen MR) is 105 cm³/mol. The fourth-order valence-electron chi connectivity index (χ4n) is 3.36. The topological polar surface area (TPSA) is 76.0 Å². The fraction of sp³-hybridized carbons (Fsp3) is 0.381. The van der Waals surface area contributed by atoms with Crippen molar-refractivity contribution in [3.63, 3.8) is 0 Å². The van der Waals surface area contributed by atoms with Crippen LogP contribution in [0.5, 0.6) is 0 Å². The highest BCUT2D eigenvalue weighted by Gasteiger charge is 2.27. The minimum Gasteiger partial charge on any atom is -0.351 e. The van der Waals surface area contributed by atoms with Gasteiger partial charge in [0.15, 0.2) is 5.82 Å². The highest BCUT2D eigenvalue weighted by Crippen LogP contribution is 2.21. The number of amides is 2. The summed E-state index contributed by atoms with van der Waals surface area (Å²) in [6.45, 7) is 5.29. The summed E-state index contributed by atoms with van der Waals surface area (Å²) in [5, 5.41) is 5.70. The zero-order valence-corrected chi connectivity index (χ0v) is 15.5. The summed E-state index contributed by atoms with van der Waals surface area (Å²) in [5.74, 6) is -0.140. The van der Waals surface area contributed by atoms with Crippen LogP contribution in [0.4, 0.5) is 0 Å². The van der Waals surface area contributed by atoms with Gasteiger partial charge in [-0.15, -0.1) is 6.58 Å². The molecule has 2 N–H and O–H groups in total. The van der Waals surface area contributed by atoms with Gasteiger partial charge in [0, 0.05) is 19.6 Å². The van der Waals surface area contributed by atoms with E-state index in [9.17, 15) is 9.59 Å². The van der Waals surface area contributed by atoms with Gasteiger partial charge in [0.1, 0.15) is 5.69 Å². The van der Waals surface area contributed by atoms with Gasteiger partial charge in [0.05, 0.1) is 5.69 Å². The highest BCUT2D eigenvalue weighted by molar-refractivity contribution is 5.97. The van der Waals surface area contributed by atoms with Crippen molar-refractivity contribution < 1.29 is 9.59 Å². The van der Waals surface area contributed by atoms with Crippen molar-refractivity contribution in [2.75, 3.05) is 13.1 Å². The van der Waals surface area contributed by atoms with Crippen LogP contribution in [0.2, 0.25) is 0 Å². The van der Waals surface area contributed by atoms with Crippen LogP contribution >= 0.6 is 0 Å². The van der Waals surface area contributed by atoms with Gasteiger partial charge in [-0.2, -0.15) is 0 Å². The van der Waals surface area contributed by atoms with Crippen molar-refractivity contribution in [2.24, 2.45) is 0 Å². The molecule has 2 aromatic rings. The van der Waals surface area contributed by atoms with Crippen molar-refractivity contribution in [1.82, 2.24) is 20.2 Å². The van der Waals surface area contributed by atoms with Gasteiger partial charge in [-0.3, -0.25) is 9.59 Å². The summed E-state index contributed by atoms with van der Waals surface area (Å²) in [4.78, 5) is 29.4. The predicted octanol–water partition coefficient (Wildman–Crippen LogP) is 2.50. The second-order valence-corrected chi connectivity index (χ2v) is 6.68. The molecule has 0 fully saturated rings. The number of aryl methyl sites for hydroxylation is 1. The molecule has 1 aliphatic rings. The smallest absolute Gasteiger partial charge is 0.287 e. The molecule has 3 rings (SSSR count). The molecule has 1 aliphatic heterocycles. The molecule has 0 unspecified atom stereocenters. The number of carbonyl (C=O) groups excluding carboxylic acids is 2. The summed E-state index contributed by atoms with van der Waals surface area (Å²) in [5.41, 5.74) is 2.51. The largest absolute Gasteiger partial charge is 0.351 e. The summed E-state index contributed by atoms with van der Waals surface area (Å²) < 4.78 is 1.89. The quantitative estimate of drug-likeness (QED) is 0.557. The van der Waals surface area contributed by atoms with E-state index < -0.39 is 0 Å². The average Bonchev–Trinajstić information content (AvgIpc) is 3.10. The molecule has 6 nitrogen and oxygen atoms in total. The van der Waals surface area contributed by atoms with E-state index in [0.29, 0.717) is 24.6 Å². The highest BCUT2D eigenvalue weighted by atomic mass is 16.2. The van der Waals surface area contributed by atoms with Gasteiger partial charge in [-0.25, -0.2) is 4.98 Å². The Morgan fingerprint density at radius 3 is 2.74 bits per heavy atom. The maximum atomic E-state index is 12.6. The van der Waals surface area contributed by atoms with E-state index in [2.05, 4.69) is 34.3 Å². The van der Waals surface area contributed by atoms with Gasteiger partial charge in [0.2, 0.25) is 0 Å². The SMILES string of the molecule is C=CCNC(=O)c1nc(C(=O)NCCCc2ccccc2)c2n1CCCC2. The van der Waals surface area contributed by atoms with Gasteiger partial charge >= 0.3 is 0 Å². The first kappa shape index (κ1) is 18.9. The van der Waals surface area contributed by atoms with Crippen LogP contribution in [0.25, 0.3) is 0 Å². The summed E-state index contributed by atoms with van der Waals surface area (Å²) >= 11 is 0. The molecule has 6 heteroatoms. The van der Waals surface area contributed by atoms with E-state index in [1.54, 1.807) is 6.08 Å². The monoisotopic (exact) mass is 366 g/mol. The van der Waals surface area contributed by atoms with E-state index >= 15 is 0 Å². The number of fused-ring (bicyclic) bond motifs is 1. The maximum Gasteiger partial charge on any atom is 0.287 e. The molecule has 142 valence electrons. The van der Waals surface area contributed by atoms with Gasteiger partial charge in [-0.05, 0) is 37.7 Å². The van der Waals surface area contributed by atoms with Crippen LogP contribution in [0.3, 0.4) is 0 Å². The summed E-state index contributed by atoms with van der Waals surface area (Å²) in [7, 11) is 0. The van der Waals surface area contributed by atoms with E-state index in [1.807, 2.05) is 22.8 Å². The van der Waals surface area contributed by atoms with E-state index in [4.69, 9.17) is 0 Å². The lowest BCUT2D eigenvalue weighted by atomic mass is 10.1. The standard InChI is InChI=1S/C21H26N4O2/c1-2-13-22-21(27)19-24-18(17-12-6-7-15-25(17)19)20(26)23-14-8-11-16-9-4-3-5-10-16/h2-5,9-10H,1,6-8,11-15H2,(H,22,27)(H,23,26). The Labute approximate surface area is 159 Å². The molecule has 0 atom stereocenters. The average molecular weight is 366 g/mol. The minimum atomic E-state index is -0.263. The normalized spacial score (nSPS) is 12.9. The van der Waals surface area contributed by atoms with E-state index in [1.165, 1.54) is 5.56 Å². The third-order valence-electron chi connectivity index (χ3n) is 4.71. The van der Waals surface area contributed by atoms with Gasteiger partial charge in [-0.1, -0.05) is 36.4 Å². The Morgan fingerprint density at radius 1 is 1.15 bits per heavy atom. The zero-order chi connectivity index (χ0) is 19.1. The first-order valence-corrected chi connectivity index (χ1v) is 9.51. The molecule has 1 aromatic heterocycles. The summed E-state index contributed by atoms with van der Waals surface area (Å²) in [6.07, 6.45) is 6.17. The molecule has 0 bridgehead atoms. The molecular formula is C21H26N4O2. The van der Waals surface area contributed by atoms with Crippen molar-refractivity contribution in [2.45, 2.75) is 38.6 Å². The molecule has 2 heterocycles. The van der Waals surface area contributed by atoms with Crippen molar-refractivity contribution >= 4 is 11.8 Å². The minimum absolute atomic E-state index is 0.198. The molecule has 0 saturated carbocycles. The second-order valence-electron chi connectivity index (χ2n) is 6.68. The Bertz CT molecular complexity index is 811. The van der Waals surface area contributed by atoms with Crippen LogP contribution < -0.4 is 10.6 Å². The van der Waals surface area contributed by atoms with Crippen LogP contribution in [0, 0.1) is 0 Å². The van der Waals surface area contributed by atoms with Gasteiger partial charge in [0.25, 0.3) is 11.8 Å². The molecule has 0 saturated heterocycles. The van der Waals surface area contributed by atoms with Crippen molar-refractivity contribution in [3.05, 3.63) is 65.8 Å². The van der Waals surface area contributed by atoms with Crippen LogP contribution in [-0.2, 0) is 19.4 Å². The zero-order valence-electron chi connectivity index (χ0n) is 15.5. The van der Waals surface area contributed by atoms with Gasteiger partial charge < -0.3 is 15.2 Å². The molecule has 0 spiro atoms. The number of aromatic nitrogens is 2. The Kier molecular flexibility index (Phi) is 6.41. The number of hydrogen-bond donors (Lipinski definition) is 2. The molecule has 0 radical (unpaired) electrons. The number of nitrogens with one attached hydrogen (secondary N) is 2. The van der Waals surface area contributed by atoms with Crippen LogP contribution in [0.15, 0.2) is 43.0 Å². The number of carbonyl (C=O) groups is 2. The number of hydrogen-bond acceptors (Lipinski definition) is 3. The van der Waals surface area contributed by atoms with Crippen LogP contribution in [-0.4, -0.2) is 34.5 Å². The molecule has 0 aliphatic carbocycles. The number of imidazole rings is 1. The lowest BCUT2D eigenvalue weighted by molar-refractivity contribution is 0.0942. The molecule has 27 heavy (non-hydrogen) atoms. The lowest BCUT2D eigenvalue weighted by Crippen LogP contribution is -2.28. The van der Waals surface area contributed by atoms with E-state index in [-0.39, 0.29) is 11.8 Å². The number of benzene rings is 1. The first-order valence-electron chi connectivity index (χ1n) is 9.51. The summed E-state index contributed by atoms with van der Waals surface area (Å²) in [6, 6.07) is 10.2. The number of rotatable bonds is 8. The Balaban J connectivity index is 1.64. The maximum absolute atomic E-state index is 12.6. The Hall–Kier alpha value is -2.89. The molecule has 1 aromatic carbocycles. The van der Waals surface area contributed by atoms with Crippen LogP contribution in [0.1, 0.15) is 51.6 Å². The lowest BCUT2D eigenvalue weighted by Gasteiger charge is -2.17. The molecule has 2 amide bonds. The Morgan fingerprint density at radius 2 is 1.96 bits per heavy atom. The van der Waals surface area contributed by atoms with Crippen molar-refractivity contribution in [1.29, 1.82) is 0 Å². The van der Waals surface area contributed by atoms with Crippen molar-refractivity contribution in [3.8, 4) is 0 Å². The second kappa shape index (κ2) is 9.16. The third kappa shape index (κ3) is 4.64.